The number of nitrogens with zero attached hydrogens (tertiary/aromatic N) is 2. The van der Waals surface area contributed by atoms with E-state index in [9.17, 15) is 9.59 Å². The number of benzene rings is 1. The topological polar surface area (TPSA) is 61.2 Å². The van der Waals surface area contributed by atoms with Crippen molar-refractivity contribution in [1.82, 2.24) is 9.55 Å². The first-order valence-corrected chi connectivity index (χ1v) is 8.92. The molecule has 7 heteroatoms. The molecule has 2 aromatic heterocycles. The first-order chi connectivity index (χ1) is 11.5. The Hall–Kier alpha value is -1.99. The van der Waals surface area contributed by atoms with Gasteiger partial charge in [0.25, 0.3) is 5.56 Å². The molecule has 0 saturated heterocycles. The minimum absolute atomic E-state index is 0.152. The average Bonchev–Trinajstić information content (AvgIpc) is 2.85. The van der Waals surface area contributed by atoms with Crippen molar-refractivity contribution in [2.75, 3.05) is 0 Å². The smallest absolute Gasteiger partial charge is 0.326 e. The first-order valence-electron chi connectivity index (χ1n) is 7.31. The molecule has 2 heterocycles. The molecular formula is C17H15BrN2O3S. The first kappa shape index (κ1) is 16.9. The van der Waals surface area contributed by atoms with Gasteiger partial charge in [-0.3, -0.25) is 14.2 Å². The number of ether oxygens (including phenoxy) is 1. The number of halogens is 1. The molecule has 0 spiro atoms. The maximum Gasteiger partial charge on any atom is 0.326 e. The van der Waals surface area contributed by atoms with Crippen molar-refractivity contribution in [3.8, 4) is 0 Å². The van der Waals surface area contributed by atoms with Crippen LogP contribution in [0.3, 0.4) is 0 Å². The zero-order chi connectivity index (χ0) is 17.3. The highest BCUT2D eigenvalue weighted by Gasteiger charge is 2.14. The third-order valence-corrected chi connectivity index (χ3v) is 5.69. The molecule has 1 aromatic carbocycles. The van der Waals surface area contributed by atoms with Crippen molar-refractivity contribution in [1.29, 1.82) is 0 Å². The van der Waals surface area contributed by atoms with Gasteiger partial charge in [0.2, 0.25) is 0 Å². The van der Waals surface area contributed by atoms with Crippen molar-refractivity contribution < 1.29 is 9.53 Å². The van der Waals surface area contributed by atoms with E-state index >= 15 is 0 Å². The number of thiophene rings is 1. The standard InChI is InChI=1S/C17H15BrN2O3S/c1-10-11(2)24-16-15(10)17(22)20(9-19-16)7-14(21)23-8-12-5-3-4-6-13(12)18/h3-6,9H,7-8H2,1-2H3. The molecule has 0 aliphatic heterocycles. The monoisotopic (exact) mass is 406 g/mol. The van der Waals surface area contributed by atoms with Crippen LogP contribution in [0, 0.1) is 13.8 Å². The molecule has 24 heavy (non-hydrogen) atoms. The van der Waals surface area contributed by atoms with Crippen LogP contribution in [-0.4, -0.2) is 15.5 Å². The minimum atomic E-state index is -0.474. The van der Waals surface area contributed by atoms with Gasteiger partial charge in [-0.25, -0.2) is 4.98 Å². The van der Waals surface area contributed by atoms with Gasteiger partial charge in [0.15, 0.2) is 0 Å². The zero-order valence-corrected chi connectivity index (χ0v) is 15.6. The van der Waals surface area contributed by atoms with Crippen LogP contribution >= 0.6 is 27.3 Å². The van der Waals surface area contributed by atoms with Gasteiger partial charge in [0.05, 0.1) is 11.7 Å². The second kappa shape index (κ2) is 6.86. The fourth-order valence-electron chi connectivity index (χ4n) is 2.34. The van der Waals surface area contributed by atoms with E-state index < -0.39 is 5.97 Å². The summed E-state index contributed by atoms with van der Waals surface area (Å²) in [4.78, 5) is 30.6. The molecule has 3 aromatic rings. The number of carbonyl (C=O) groups is 1. The lowest BCUT2D eigenvalue weighted by Gasteiger charge is -2.08. The molecule has 0 fully saturated rings. The minimum Gasteiger partial charge on any atom is -0.459 e. The highest BCUT2D eigenvalue weighted by molar-refractivity contribution is 9.10. The Balaban J connectivity index is 1.76. The molecule has 0 N–H and O–H groups in total. The van der Waals surface area contributed by atoms with Crippen LogP contribution in [-0.2, 0) is 22.7 Å². The van der Waals surface area contributed by atoms with E-state index in [1.807, 2.05) is 38.1 Å². The molecule has 3 rings (SSSR count). The van der Waals surface area contributed by atoms with Gasteiger partial charge in [0, 0.05) is 14.9 Å². The summed E-state index contributed by atoms with van der Waals surface area (Å²) >= 11 is 4.89. The Morgan fingerprint density at radius 2 is 2.08 bits per heavy atom. The Morgan fingerprint density at radius 1 is 1.33 bits per heavy atom. The highest BCUT2D eigenvalue weighted by atomic mass is 79.9. The average molecular weight is 407 g/mol. The van der Waals surface area contributed by atoms with Crippen molar-refractivity contribution >= 4 is 43.5 Å². The highest BCUT2D eigenvalue weighted by Crippen LogP contribution is 2.25. The molecule has 0 bridgehead atoms. The van der Waals surface area contributed by atoms with Gasteiger partial charge in [-0.1, -0.05) is 34.1 Å². The van der Waals surface area contributed by atoms with E-state index in [4.69, 9.17) is 4.74 Å². The predicted molar refractivity (Wildman–Crippen MR) is 97.3 cm³/mol. The summed E-state index contributed by atoms with van der Waals surface area (Å²) in [5, 5.41) is 0.582. The Bertz CT molecular complexity index is 978. The summed E-state index contributed by atoms with van der Waals surface area (Å²) in [5.74, 6) is -0.474. The van der Waals surface area contributed by atoms with E-state index in [2.05, 4.69) is 20.9 Å². The maximum absolute atomic E-state index is 12.5. The normalized spacial score (nSPS) is 11.0. The Kier molecular flexibility index (Phi) is 4.82. The van der Waals surface area contributed by atoms with Crippen LogP contribution in [0.5, 0.6) is 0 Å². The number of rotatable bonds is 4. The molecule has 0 radical (unpaired) electrons. The number of aryl methyl sites for hydroxylation is 2. The van der Waals surface area contributed by atoms with E-state index in [1.165, 1.54) is 22.2 Å². The molecule has 0 unspecified atom stereocenters. The summed E-state index contributed by atoms with van der Waals surface area (Å²) in [6.45, 7) is 3.85. The molecule has 5 nitrogen and oxygen atoms in total. The number of esters is 1. The van der Waals surface area contributed by atoms with Crippen molar-refractivity contribution in [2.45, 2.75) is 27.0 Å². The summed E-state index contributed by atoms with van der Waals surface area (Å²) in [6, 6.07) is 7.51. The maximum atomic E-state index is 12.5. The van der Waals surface area contributed by atoms with Crippen molar-refractivity contribution in [3.63, 3.8) is 0 Å². The zero-order valence-electron chi connectivity index (χ0n) is 13.2. The lowest BCUT2D eigenvalue weighted by atomic mass is 10.2. The molecule has 0 atom stereocenters. The second-order valence-corrected chi connectivity index (χ2v) is 7.45. The Labute approximate surface area is 151 Å². The molecular weight excluding hydrogens is 392 g/mol. The van der Waals surface area contributed by atoms with Crippen molar-refractivity contribution in [2.24, 2.45) is 0 Å². The molecule has 0 aliphatic rings. The number of fused-ring (bicyclic) bond motifs is 1. The van der Waals surface area contributed by atoms with Gasteiger partial charge in [-0.15, -0.1) is 11.3 Å². The van der Waals surface area contributed by atoms with E-state index in [0.29, 0.717) is 10.2 Å². The van der Waals surface area contributed by atoms with Crippen LogP contribution in [0.1, 0.15) is 16.0 Å². The lowest BCUT2D eigenvalue weighted by Crippen LogP contribution is -2.25. The molecule has 0 amide bonds. The number of carbonyl (C=O) groups excluding carboxylic acids is 1. The lowest BCUT2D eigenvalue weighted by molar-refractivity contribution is -0.145. The van der Waals surface area contributed by atoms with Crippen LogP contribution in [0.25, 0.3) is 10.2 Å². The van der Waals surface area contributed by atoms with E-state index in [1.54, 1.807) is 0 Å². The Morgan fingerprint density at radius 3 is 2.83 bits per heavy atom. The van der Waals surface area contributed by atoms with Crippen molar-refractivity contribution in [3.05, 3.63) is 61.4 Å². The predicted octanol–water partition coefficient (Wildman–Crippen LogP) is 3.58. The fourth-order valence-corrected chi connectivity index (χ4v) is 3.73. The van der Waals surface area contributed by atoms with Crippen LogP contribution in [0.15, 0.2) is 39.9 Å². The van der Waals surface area contributed by atoms with Crippen LogP contribution in [0.4, 0.5) is 0 Å². The summed E-state index contributed by atoms with van der Waals surface area (Å²) in [5.41, 5.74) is 1.58. The van der Waals surface area contributed by atoms with Gasteiger partial charge in [0.1, 0.15) is 18.0 Å². The summed E-state index contributed by atoms with van der Waals surface area (Å²) < 4.78 is 7.43. The van der Waals surface area contributed by atoms with E-state index in [-0.39, 0.29) is 18.7 Å². The molecule has 0 aliphatic carbocycles. The summed E-state index contributed by atoms with van der Waals surface area (Å²) in [7, 11) is 0. The quantitative estimate of drug-likeness (QED) is 0.621. The molecule has 0 saturated carbocycles. The van der Waals surface area contributed by atoms with E-state index in [0.717, 1.165) is 20.5 Å². The molecule has 124 valence electrons. The summed E-state index contributed by atoms with van der Waals surface area (Å²) in [6.07, 6.45) is 1.40. The number of hydrogen-bond donors (Lipinski definition) is 0. The fraction of sp³-hybridized carbons (Fsp3) is 0.235. The van der Waals surface area contributed by atoms with Crippen LogP contribution in [0.2, 0.25) is 0 Å². The SMILES string of the molecule is Cc1sc2ncn(CC(=O)OCc3ccccc3Br)c(=O)c2c1C. The third-order valence-electron chi connectivity index (χ3n) is 3.80. The third kappa shape index (κ3) is 3.27. The number of aromatic nitrogens is 2. The van der Waals surface area contributed by atoms with Crippen LogP contribution < -0.4 is 5.56 Å². The van der Waals surface area contributed by atoms with Gasteiger partial charge in [-0.2, -0.15) is 0 Å². The van der Waals surface area contributed by atoms with Gasteiger partial charge < -0.3 is 4.74 Å². The number of hydrogen-bond acceptors (Lipinski definition) is 5. The van der Waals surface area contributed by atoms with Gasteiger partial charge in [-0.05, 0) is 25.5 Å². The van der Waals surface area contributed by atoms with Gasteiger partial charge >= 0.3 is 5.97 Å². The second-order valence-electron chi connectivity index (χ2n) is 5.39. The largest absolute Gasteiger partial charge is 0.459 e.